The molecule has 2 heterocycles. The number of phenolic OH excluding ortho intramolecular Hbond substituents is 1. The number of thiophene rings is 1. The monoisotopic (exact) mass is 357 g/mol. The van der Waals surface area contributed by atoms with Crippen molar-refractivity contribution in [1.82, 2.24) is 9.80 Å². The van der Waals surface area contributed by atoms with Crippen LogP contribution in [0.3, 0.4) is 0 Å². The van der Waals surface area contributed by atoms with E-state index in [1.54, 1.807) is 12.1 Å². The molecule has 3 atom stereocenters. The molecule has 1 fully saturated rings. The highest BCUT2D eigenvalue weighted by atomic mass is 32.1. The first-order chi connectivity index (χ1) is 11.9. The Morgan fingerprint density at radius 1 is 1.44 bits per heavy atom. The first-order valence-corrected chi connectivity index (χ1v) is 9.47. The van der Waals surface area contributed by atoms with Gasteiger partial charge in [0.15, 0.2) is 0 Å². The normalized spacial score (nSPS) is 28.4. The minimum Gasteiger partial charge on any atom is -0.508 e. The number of carbonyl (C=O) groups is 1. The molecule has 0 spiro atoms. The number of carbonyl (C=O) groups excluding carboxylic acids is 1. The van der Waals surface area contributed by atoms with Crippen molar-refractivity contribution in [2.75, 3.05) is 20.6 Å². The van der Waals surface area contributed by atoms with Crippen LogP contribution < -0.4 is 5.73 Å². The summed E-state index contributed by atoms with van der Waals surface area (Å²) in [4.78, 5) is 17.1. The number of nitrogens with two attached hydrogens (primary N) is 1. The Kier molecular flexibility index (Phi) is 3.86. The molecule has 1 aromatic heterocycles. The number of hydrogen-bond acceptors (Lipinski definition) is 5. The van der Waals surface area contributed by atoms with Crippen LogP contribution in [-0.4, -0.2) is 53.5 Å². The van der Waals surface area contributed by atoms with Crippen molar-refractivity contribution in [1.29, 1.82) is 0 Å². The average molecular weight is 357 g/mol. The van der Waals surface area contributed by atoms with Crippen molar-refractivity contribution >= 4 is 17.2 Å². The topological polar surface area (TPSA) is 69.8 Å². The number of phenols is 1. The summed E-state index contributed by atoms with van der Waals surface area (Å²) in [5.74, 6) is 0.233. The molecule has 1 amide bonds. The quantitative estimate of drug-likeness (QED) is 0.863. The maximum Gasteiger partial charge on any atom is 0.254 e. The first-order valence-electron chi connectivity index (χ1n) is 8.52. The molecule has 3 N–H and O–H groups in total. The van der Waals surface area contributed by atoms with Crippen LogP contribution in [0.2, 0.25) is 0 Å². The number of benzene rings is 1. The highest BCUT2D eigenvalue weighted by Crippen LogP contribution is 2.44. The number of rotatable bonds is 2. The van der Waals surface area contributed by atoms with Gasteiger partial charge in [0.05, 0.1) is 17.1 Å². The Morgan fingerprint density at radius 2 is 2.24 bits per heavy atom. The summed E-state index contributed by atoms with van der Waals surface area (Å²) in [6.07, 6.45) is 1.58. The summed E-state index contributed by atoms with van der Waals surface area (Å²) in [5.41, 5.74) is 9.16. The summed E-state index contributed by atoms with van der Waals surface area (Å²) in [5, 5.41) is 13.8. The van der Waals surface area contributed by atoms with Gasteiger partial charge in [0.25, 0.3) is 5.91 Å². The highest BCUT2D eigenvalue weighted by molar-refractivity contribution is 7.08. The lowest BCUT2D eigenvalue weighted by Gasteiger charge is -2.56. The summed E-state index contributed by atoms with van der Waals surface area (Å²) < 4.78 is 0. The summed E-state index contributed by atoms with van der Waals surface area (Å²) in [6, 6.07) is 7.37. The van der Waals surface area contributed by atoms with Crippen molar-refractivity contribution in [2.45, 2.75) is 30.5 Å². The standard InChI is InChI=1S/C19H23N3O2S/c1-21-7-6-19(20)15-10-14(23)4-3-12(15)9-16(21)17(19)22(2)18(24)13-5-8-25-11-13/h3-5,8,10-11,16-17,23H,6-7,9,20H2,1-2H3. The number of likely N-dealkylation sites (tertiary alicyclic amines) is 1. The number of piperidine rings is 1. The van der Waals surface area contributed by atoms with E-state index in [-0.39, 0.29) is 23.7 Å². The molecule has 132 valence electrons. The fourth-order valence-electron chi connectivity index (χ4n) is 4.54. The molecule has 2 aromatic rings. The Bertz CT molecular complexity index is 807. The van der Waals surface area contributed by atoms with E-state index in [1.165, 1.54) is 16.9 Å². The Balaban J connectivity index is 1.80. The Labute approximate surface area is 151 Å². The molecule has 5 nitrogen and oxygen atoms in total. The summed E-state index contributed by atoms with van der Waals surface area (Å²) >= 11 is 1.52. The van der Waals surface area contributed by atoms with Gasteiger partial charge in [-0.1, -0.05) is 6.07 Å². The van der Waals surface area contributed by atoms with E-state index in [1.807, 2.05) is 34.8 Å². The Hall–Kier alpha value is -1.89. The molecule has 2 aliphatic rings. The second kappa shape index (κ2) is 5.83. The molecule has 1 aromatic carbocycles. The number of aromatic hydroxyl groups is 1. The van der Waals surface area contributed by atoms with Crippen LogP contribution in [-0.2, 0) is 12.0 Å². The minimum absolute atomic E-state index is 0.00461. The van der Waals surface area contributed by atoms with E-state index in [0.717, 1.165) is 24.9 Å². The SMILES string of the molecule is CN1CCC2(N)c3cc(O)ccc3CC1C2N(C)C(=O)c1ccsc1. The molecule has 6 heteroatoms. The number of hydrogen-bond donors (Lipinski definition) is 2. The van der Waals surface area contributed by atoms with Gasteiger partial charge in [0.2, 0.25) is 0 Å². The molecule has 1 aliphatic carbocycles. The summed E-state index contributed by atoms with van der Waals surface area (Å²) in [6.45, 7) is 0.882. The number of nitrogens with zero attached hydrogens (tertiary/aromatic N) is 2. The molecular weight excluding hydrogens is 334 g/mol. The maximum absolute atomic E-state index is 13.0. The van der Waals surface area contributed by atoms with Crippen LogP contribution in [0.1, 0.15) is 27.9 Å². The van der Waals surface area contributed by atoms with Gasteiger partial charge in [0.1, 0.15) is 5.75 Å². The van der Waals surface area contributed by atoms with Gasteiger partial charge in [-0.05, 0) is 54.6 Å². The van der Waals surface area contributed by atoms with Crippen molar-refractivity contribution < 1.29 is 9.90 Å². The molecular formula is C19H23N3O2S. The zero-order valence-corrected chi connectivity index (χ0v) is 15.3. The van der Waals surface area contributed by atoms with Gasteiger partial charge in [-0.2, -0.15) is 11.3 Å². The van der Waals surface area contributed by atoms with E-state index in [4.69, 9.17) is 5.73 Å². The fraction of sp³-hybridized carbons (Fsp3) is 0.421. The highest BCUT2D eigenvalue weighted by Gasteiger charge is 2.53. The van der Waals surface area contributed by atoms with Crippen LogP contribution in [0.5, 0.6) is 5.75 Å². The molecule has 4 rings (SSSR count). The van der Waals surface area contributed by atoms with E-state index in [2.05, 4.69) is 11.9 Å². The minimum atomic E-state index is -0.649. The largest absolute Gasteiger partial charge is 0.508 e. The molecule has 3 unspecified atom stereocenters. The molecule has 2 bridgehead atoms. The predicted octanol–water partition coefficient (Wildman–Crippen LogP) is 2.01. The van der Waals surface area contributed by atoms with E-state index in [9.17, 15) is 9.90 Å². The second-order valence-corrected chi connectivity index (χ2v) is 8.04. The van der Waals surface area contributed by atoms with Crippen molar-refractivity contribution in [3.05, 3.63) is 51.7 Å². The van der Waals surface area contributed by atoms with Crippen molar-refractivity contribution in [2.24, 2.45) is 5.73 Å². The Morgan fingerprint density at radius 3 is 2.96 bits per heavy atom. The molecule has 1 aliphatic heterocycles. The smallest absolute Gasteiger partial charge is 0.254 e. The third-order valence-corrected chi connectivity index (χ3v) is 6.55. The fourth-order valence-corrected chi connectivity index (χ4v) is 5.17. The van der Waals surface area contributed by atoms with E-state index >= 15 is 0 Å². The van der Waals surface area contributed by atoms with Gasteiger partial charge in [-0.3, -0.25) is 4.79 Å². The van der Waals surface area contributed by atoms with E-state index < -0.39 is 5.54 Å². The lowest BCUT2D eigenvalue weighted by molar-refractivity contribution is 0.000986. The zero-order valence-electron chi connectivity index (χ0n) is 14.5. The lowest BCUT2D eigenvalue weighted by atomic mass is 9.66. The molecule has 0 saturated carbocycles. The molecule has 25 heavy (non-hydrogen) atoms. The summed E-state index contributed by atoms with van der Waals surface area (Å²) in [7, 11) is 3.96. The maximum atomic E-state index is 13.0. The lowest BCUT2D eigenvalue weighted by Crippen LogP contribution is -2.71. The van der Waals surface area contributed by atoms with Crippen molar-refractivity contribution in [3.63, 3.8) is 0 Å². The van der Waals surface area contributed by atoms with Crippen LogP contribution in [0.15, 0.2) is 35.0 Å². The van der Waals surface area contributed by atoms with E-state index in [0.29, 0.717) is 5.56 Å². The zero-order chi connectivity index (χ0) is 17.8. The van der Waals surface area contributed by atoms with Crippen LogP contribution in [0.4, 0.5) is 0 Å². The van der Waals surface area contributed by atoms with Crippen molar-refractivity contribution in [3.8, 4) is 5.75 Å². The first kappa shape index (κ1) is 16.6. The third kappa shape index (κ3) is 2.47. The van der Waals surface area contributed by atoms with Crippen LogP contribution in [0.25, 0.3) is 0 Å². The number of likely N-dealkylation sites (N-methyl/N-ethyl adjacent to an activating group) is 2. The molecule has 1 saturated heterocycles. The van der Waals surface area contributed by atoms with Gasteiger partial charge < -0.3 is 20.6 Å². The van der Waals surface area contributed by atoms with Gasteiger partial charge >= 0.3 is 0 Å². The second-order valence-electron chi connectivity index (χ2n) is 7.26. The third-order valence-electron chi connectivity index (χ3n) is 5.87. The van der Waals surface area contributed by atoms with Gasteiger partial charge in [0, 0.05) is 25.0 Å². The number of amides is 1. The van der Waals surface area contributed by atoms with Crippen LogP contribution >= 0.6 is 11.3 Å². The average Bonchev–Trinajstić information content (AvgIpc) is 3.12. The van der Waals surface area contributed by atoms with Gasteiger partial charge in [-0.25, -0.2) is 0 Å². The van der Waals surface area contributed by atoms with Gasteiger partial charge in [-0.15, -0.1) is 0 Å². The molecule has 0 radical (unpaired) electrons. The van der Waals surface area contributed by atoms with Crippen LogP contribution in [0, 0.1) is 0 Å². The number of fused-ring (bicyclic) bond motifs is 4. The predicted molar refractivity (Wildman–Crippen MR) is 98.9 cm³/mol.